The molecule has 0 aliphatic heterocycles. The Morgan fingerprint density at radius 1 is 1.19 bits per heavy atom. The average molecular weight is 305 g/mol. The maximum atomic E-state index is 12.2. The zero-order valence-corrected chi connectivity index (χ0v) is 13.4. The van der Waals surface area contributed by atoms with Crippen LogP contribution in [-0.2, 0) is 0 Å². The monoisotopic (exact) mass is 305 g/mol. The molecule has 1 N–H and O–H groups in total. The zero-order chi connectivity index (χ0) is 15.4. The number of rotatable bonds is 5. The number of thiophene rings is 1. The topological polar surface area (TPSA) is 47.6 Å². The van der Waals surface area contributed by atoms with Crippen molar-refractivity contribution in [1.29, 1.82) is 0 Å². The number of hydrogen-bond donors (Lipinski definition) is 1. The highest BCUT2D eigenvalue weighted by Gasteiger charge is 2.14. The molecule has 1 unspecified atom stereocenters. The van der Waals surface area contributed by atoms with Gasteiger partial charge in [0.15, 0.2) is 11.5 Å². The molecular weight excluding hydrogens is 286 g/mol. The van der Waals surface area contributed by atoms with Gasteiger partial charge in [-0.2, -0.15) is 0 Å². The molecule has 2 rings (SSSR count). The Morgan fingerprint density at radius 3 is 2.48 bits per heavy atom. The largest absolute Gasteiger partial charge is 0.493 e. The lowest BCUT2D eigenvalue weighted by Crippen LogP contribution is -2.26. The first-order valence-electron chi connectivity index (χ1n) is 6.63. The van der Waals surface area contributed by atoms with Crippen LogP contribution in [0.15, 0.2) is 29.6 Å². The van der Waals surface area contributed by atoms with Crippen LogP contribution in [0.2, 0.25) is 0 Å². The molecule has 112 valence electrons. The normalized spacial score (nSPS) is 11.8. The minimum Gasteiger partial charge on any atom is -0.493 e. The fraction of sp³-hybridized carbons (Fsp3) is 0.312. The number of amides is 1. The Morgan fingerprint density at radius 2 is 1.90 bits per heavy atom. The summed E-state index contributed by atoms with van der Waals surface area (Å²) >= 11 is 1.57. The minimum absolute atomic E-state index is 0.0679. The summed E-state index contributed by atoms with van der Waals surface area (Å²) in [6.07, 6.45) is 0. The van der Waals surface area contributed by atoms with Crippen LogP contribution >= 0.6 is 11.3 Å². The number of methoxy groups -OCH3 is 2. The van der Waals surface area contributed by atoms with E-state index in [1.807, 2.05) is 43.5 Å². The van der Waals surface area contributed by atoms with E-state index < -0.39 is 0 Å². The third-order valence-electron chi connectivity index (χ3n) is 3.25. The predicted octanol–water partition coefficient (Wildman–Crippen LogP) is 3.56. The van der Waals surface area contributed by atoms with Crippen LogP contribution in [0.5, 0.6) is 11.5 Å². The van der Waals surface area contributed by atoms with E-state index in [-0.39, 0.29) is 11.9 Å². The van der Waals surface area contributed by atoms with Crippen molar-refractivity contribution >= 4 is 17.2 Å². The van der Waals surface area contributed by atoms with Gasteiger partial charge in [-0.3, -0.25) is 4.79 Å². The van der Waals surface area contributed by atoms with Crippen LogP contribution in [0.1, 0.15) is 33.8 Å². The highest BCUT2D eigenvalue weighted by Crippen LogP contribution is 2.30. The summed E-state index contributed by atoms with van der Waals surface area (Å²) in [7, 11) is 3.20. The molecule has 4 nitrogen and oxygen atoms in total. The summed E-state index contributed by atoms with van der Waals surface area (Å²) in [5, 5.41) is 4.85. The van der Waals surface area contributed by atoms with Gasteiger partial charge in [-0.15, -0.1) is 11.3 Å². The van der Waals surface area contributed by atoms with Crippen molar-refractivity contribution in [3.05, 3.63) is 45.6 Å². The first-order chi connectivity index (χ1) is 10.0. The van der Waals surface area contributed by atoms with E-state index in [1.54, 1.807) is 25.6 Å². The van der Waals surface area contributed by atoms with Crippen molar-refractivity contribution in [1.82, 2.24) is 5.32 Å². The van der Waals surface area contributed by atoms with Crippen LogP contribution in [0.3, 0.4) is 0 Å². The molecule has 1 atom stereocenters. The summed E-state index contributed by atoms with van der Waals surface area (Å²) in [6, 6.07) is 7.42. The van der Waals surface area contributed by atoms with Gasteiger partial charge in [-0.1, -0.05) is 6.07 Å². The lowest BCUT2D eigenvalue weighted by atomic mass is 10.1. The van der Waals surface area contributed by atoms with Crippen LogP contribution in [0.25, 0.3) is 0 Å². The fourth-order valence-electron chi connectivity index (χ4n) is 2.05. The second-order valence-corrected chi connectivity index (χ2v) is 5.87. The van der Waals surface area contributed by atoms with E-state index >= 15 is 0 Å². The Balaban J connectivity index is 2.13. The van der Waals surface area contributed by atoms with Crippen LogP contribution in [0.4, 0.5) is 0 Å². The van der Waals surface area contributed by atoms with Crippen molar-refractivity contribution < 1.29 is 14.3 Å². The molecule has 0 saturated carbocycles. The van der Waals surface area contributed by atoms with E-state index in [1.165, 1.54) is 0 Å². The molecule has 0 aliphatic carbocycles. The van der Waals surface area contributed by atoms with Crippen LogP contribution < -0.4 is 14.8 Å². The smallest absolute Gasteiger partial charge is 0.252 e. The van der Waals surface area contributed by atoms with Gasteiger partial charge in [0, 0.05) is 10.3 Å². The Bertz CT molecular complexity index is 636. The predicted molar refractivity (Wildman–Crippen MR) is 84.5 cm³/mol. The summed E-state index contributed by atoms with van der Waals surface area (Å²) in [5.41, 5.74) is 1.66. The summed E-state index contributed by atoms with van der Waals surface area (Å²) in [6.45, 7) is 3.93. The molecule has 0 aliphatic rings. The van der Waals surface area contributed by atoms with Gasteiger partial charge in [0.1, 0.15) is 0 Å². The van der Waals surface area contributed by atoms with Gasteiger partial charge < -0.3 is 14.8 Å². The van der Waals surface area contributed by atoms with Crippen LogP contribution in [0, 0.1) is 6.92 Å². The zero-order valence-electron chi connectivity index (χ0n) is 12.6. The molecule has 1 heterocycles. The van der Waals surface area contributed by atoms with Crippen molar-refractivity contribution in [2.24, 2.45) is 0 Å². The second-order valence-electron chi connectivity index (χ2n) is 4.76. The van der Waals surface area contributed by atoms with Gasteiger partial charge in [0.25, 0.3) is 5.91 Å². The SMILES string of the molecule is COc1ccc(C(C)NC(=O)c2csc(C)c2)cc1OC. The molecule has 1 aromatic carbocycles. The van der Waals surface area contributed by atoms with Crippen molar-refractivity contribution in [2.75, 3.05) is 14.2 Å². The molecule has 2 aromatic rings. The Labute approximate surface area is 128 Å². The van der Waals surface area contributed by atoms with E-state index in [0.717, 1.165) is 10.4 Å². The second kappa shape index (κ2) is 6.63. The molecule has 0 spiro atoms. The molecule has 0 fully saturated rings. The van der Waals surface area contributed by atoms with Gasteiger partial charge in [-0.25, -0.2) is 0 Å². The molecule has 0 bridgehead atoms. The highest BCUT2D eigenvalue weighted by atomic mass is 32.1. The maximum Gasteiger partial charge on any atom is 0.252 e. The average Bonchev–Trinajstić information content (AvgIpc) is 2.93. The highest BCUT2D eigenvalue weighted by molar-refractivity contribution is 7.10. The quantitative estimate of drug-likeness (QED) is 0.918. The molecule has 1 amide bonds. The minimum atomic E-state index is -0.113. The summed E-state index contributed by atoms with van der Waals surface area (Å²) < 4.78 is 10.5. The van der Waals surface area contributed by atoms with Gasteiger partial charge >= 0.3 is 0 Å². The molecule has 5 heteroatoms. The third kappa shape index (κ3) is 3.55. The number of hydrogen-bond acceptors (Lipinski definition) is 4. The number of nitrogens with one attached hydrogen (secondary N) is 1. The molecule has 21 heavy (non-hydrogen) atoms. The number of aryl methyl sites for hydroxylation is 1. The van der Waals surface area contributed by atoms with E-state index in [0.29, 0.717) is 17.1 Å². The van der Waals surface area contributed by atoms with Crippen LogP contribution in [-0.4, -0.2) is 20.1 Å². The number of carbonyl (C=O) groups is 1. The third-order valence-corrected chi connectivity index (χ3v) is 4.11. The lowest BCUT2D eigenvalue weighted by Gasteiger charge is -2.16. The summed E-state index contributed by atoms with van der Waals surface area (Å²) in [5.74, 6) is 1.26. The number of benzene rings is 1. The number of ether oxygens (including phenoxy) is 2. The van der Waals surface area contributed by atoms with E-state index in [9.17, 15) is 4.79 Å². The van der Waals surface area contributed by atoms with Crippen molar-refractivity contribution in [3.8, 4) is 11.5 Å². The molecule has 0 radical (unpaired) electrons. The summed E-state index contributed by atoms with van der Waals surface area (Å²) in [4.78, 5) is 13.3. The first kappa shape index (κ1) is 15.4. The molecule has 1 aromatic heterocycles. The van der Waals surface area contributed by atoms with E-state index in [4.69, 9.17) is 9.47 Å². The lowest BCUT2D eigenvalue weighted by molar-refractivity contribution is 0.0940. The van der Waals surface area contributed by atoms with Gasteiger partial charge in [0.2, 0.25) is 0 Å². The maximum absolute atomic E-state index is 12.2. The Hall–Kier alpha value is -2.01. The fourth-order valence-corrected chi connectivity index (χ4v) is 2.73. The van der Waals surface area contributed by atoms with Gasteiger partial charge in [-0.05, 0) is 37.6 Å². The molecular formula is C16H19NO3S. The van der Waals surface area contributed by atoms with Crippen molar-refractivity contribution in [3.63, 3.8) is 0 Å². The van der Waals surface area contributed by atoms with Gasteiger partial charge in [0.05, 0.1) is 25.8 Å². The molecule has 0 saturated heterocycles. The number of carbonyl (C=O) groups excluding carboxylic acids is 1. The Kier molecular flexibility index (Phi) is 4.85. The van der Waals surface area contributed by atoms with Crippen molar-refractivity contribution in [2.45, 2.75) is 19.9 Å². The van der Waals surface area contributed by atoms with E-state index in [2.05, 4.69) is 5.32 Å². The first-order valence-corrected chi connectivity index (χ1v) is 7.51. The standard InChI is InChI=1S/C16H19NO3S/c1-10-7-13(9-21-10)16(18)17-11(2)12-5-6-14(19-3)15(8-12)20-4/h5-9,11H,1-4H3,(H,17,18).